The number of anilines is 1. The molecule has 26 heavy (non-hydrogen) atoms. The Morgan fingerprint density at radius 3 is 2.42 bits per heavy atom. The van der Waals surface area contributed by atoms with Crippen LogP contribution in [0.1, 0.15) is 20.7 Å². The van der Waals surface area contributed by atoms with Crippen molar-refractivity contribution in [3.63, 3.8) is 0 Å². The molecule has 3 heterocycles. The number of carbonyl (C=O) groups is 3. The van der Waals surface area contributed by atoms with Gasteiger partial charge in [0, 0.05) is 13.2 Å². The number of aromatic nitrogens is 4. The van der Waals surface area contributed by atoms with Crippen LogP contribution in [0.5, 0.6) is 0 Å². The lowest BCUT2D eigenvalue weighted by Crippen LogP contribution is -2.37. The van der Waals surface area contributed by atoms with Gasteiger partial charge in [0.05, 0.1) is 11.1 Å². The molecule has 1 aliphatic rings. The van der Waals surface area contributed by atoms with Crippen molar-refractivity contribution in [2.24, 2.45) is 7.05 Å². The monoisotopic (exact) mass is 352 g/mol. The number of imide groups is 1. The summed E-state index contributed by atoms with van der Waals surface area (Å²) in [6, 6.07) is 7.94. The highest BCUT2D eigenvalue weighted by Gasteiger charge is 2.36. The molecule has 10 heteroatoms. The van der Waals surface area contributed by atoms with Crippen molar-refractivity contribution in [3.05, 3.63) is 47.7 Å². The van der Waals surface area contributed by atoms with Crippen molar-refractivity contribution in [2.75, 3.05) is 11.9 Å². The van der Waals surface area contributed by atoms with E-state index >= 15 is 0 Å². The summed E-state index contributed by atoms with van der Waals surface area (Å²) in [6.45, 7) is -0.451. The van der Waals surface area contributed by atoms with E-state index in [1.807, 2.05) is 0 Å². The molecule has 0 bridgehead atoms. The predicted octanol–water partition coefficient (Wildman–Crippen LogP) is 0.705. The molecule has 0 unspecified atom stereocenters. The van der Waals surface area contributed by atoms with Gasteiger partial charge in [0.25, 0.3) is 17.7 Å². The van der Waals surface area contributed by atoms with E-state index in [0.717, 1.165) is 4.90 Å². The Hall–Kier alpha value is -3.82. The molecular weight excluding hydrogens is 340 g/mol. The number of carbonyl (C=O) groups excluding carboxylic acids is 3. The summed E-state index contributed by atoms with van der Waals surface area (Å²) in [5.74, 6) is -1.52. The van der Waals surface area contributed by atoms with Gasteiger partial charge in [-0.05, 0) is 18.2 Å². The minimum absolute atomic E-state index is 0.140. The summed E-state index contributed by atoms with van der Waals surface area (Å²) in [5, 5.41) is 14.0. The maximum Gasteiger partial charge on any atom is 0.322 e. The molecule has 0 atom stereocenters. The summed E-state index contributed by atoms with van der Waals surface area (Å²) in [4.78, 5) is 37.5. The van der Waals surface area contributed by atoms with E-state index < -0.39 is 24.3 Å². The number of nitrogens with one attached hydrogen (secondary N) is 1. The summed E-state index contributed by atoms with van der Waals surface area (Å²) in [6.07, 6.45) is 1.71. The van der Waals surface area contributed by atoms with E-state index in [4.69, 9.17) is 4.42 Å². The minimum atomic E-state index is -0.629. The van der Waals surface area contributed by atoms with E-state index in [2.05, 4.69) is 20.6 Å². The van der Waals surface area contributed by atoms with Gasteiger partial charge in [0.2, 0.25) is 5.91 Å². The Balaban J connectivity index is 1.45. The SMILES string of the molecule is Cn1ccc(-c2nnc(NC(=O)CN3C(=O)c4ccccc4C3=O)o2)n1. The highest BCUT2D eigenvalue weighted by molar-refractivity contribution is 6.22. The normalized spacial score (nSPS) is 13.2. The smallest absolute Gasteiger partial charge is 0.322 e. The van der Waals surface area contributed by atoms with Gasteiger partial charge in [0.1, 0.15) is 12.2 Å². The molecule has 0 saturated carbocycles. The third-order valence-corrected chi connectivity index (χ3v) is 3.78. The molecule has 0 radical (unpaired) electrons. The molecular formula is C16H12N6O4. The molecule has 0 fully saturated rings. The highest BCUT2D eigenvalue weighted by atomic mass is 16.4. The lowest BCUT2D eigenvalue weighted by molar-refractivity contribution is -0.116. The van der Waals surface area contributed by atoms with E-state index in [9.17, 15) is 14.4 Å². The number of aryl methyl sites for hydroxylation is 1. The van der Waals surface area contributed by atoms with Crippen molar-refractivity contribution >= 4 is 23.7 Å². The largest absolute Gasteiger partial charge is 0.401 e. The summed E-state index contributed by atoms with van der Waals surface area (Å²) < 4.78 is 6.88. The second kappa shape index (κ2) is 5.92. The molecule has 3 amide bonds. The molecule has 3 aromatic rings. The maximum absolute atomic E-state index is 12.2. The Kier molecular flexibility index (Phi) is 3.57. The van der Waals surface area contributed by atoms with E-state index in [1.54, 1.807) is 48.3 Å². The van der Waals surface area contributed by atoms with Crippen LogP contribution in [-0.2, 0) is 11.8 Å². The summed E-state index contributed by atoms with van der Waals surface area (Å²) >= 11 is 0. The number of benzene rings is 1. The van der Waals surface area contributed by atoms with Gasteiger partial charge in [-0.3, -0.25) is 29.3 Å². The van der Waals surface area contributed by atoms with Crippen molar-refractivity contribution in [3.8, 4) is 11.6 Å². The first-order chi connectivity index (χ1) is 12.5. The van der Waals surface area contributed by atoms with Gasteiger partial charge in [-0.2, -0.15) is 5.10 Å². The third-order valence-electron chi connectivity index (χ3n) is 3.78. The van der Waals surface area contributed by atoms with E-state index in [1.165, 1.54) is 0 Å². The number of nitrogens with zero attached hydrogens (tertiary/aromatic N) is 5. The van der Waals surface area contributed by atoms with Crippen molar-refractivity contribution in [2.45, 2.75) is 0 Å². The number of fused-ring (bicyclic) bond motifs is 1. The molecule has 2 aromatic heterocycles. The van der Waals surface area contributed by atoms with Gasteiger partial charge in [-0.25, -0.2) is 0 Å². The molecule has 1 aliphatic heterocycles. The molecule has 0 saturated heterocycles. The average molecular weight is 352 g/mol. The fourth-order valence-electron chi connectivity index (χ4n) is 2.59. The molecule has 0 aliphatic carbocycles. The summed E-state index contributed by atoms with van der Waals surface area (Å²) in [7, 11) is 1.74. The number of hydrogen-bond acceptors (Lipinski definition) is 7. The zero-order chi connectivity index (χ0) is 18.3. The lowest BCUT2D eigenvalue weighted by atomic mass is 10.1. The quantitative estimate of drug-likeness (QED) is 0.686. The highest BCUT2D eigenvalue weighted by Crippen LogP contribution is 2.22. The Bertz CT molecular complexity index is 1000. The maximum atomic E-state index is 12.2. The average Bonchev–Trinajstić information content (AvgIpc) is 3.32. The second-order valence-corrected chi connectivity index (χ2v) is 5.58. The molecule has 0 spiro atoms. The van der Waals surface area contributed by atoms with Crippen LogP contribution in [-0.4, -0.2) is 49.1 Å². The van der Waals surface area contributed by atoms with E-state index in [0.29, 0.717) is 5.69 Å². The molecule has 130 valence electrons. The first-order valence-corrected chi connectivity index (χ1v) is 7.61. The predicted molar refractivity (Wildman–Crippen MR) is 86.9 cm³/mol. The third kappa shape index (κ3) is 2.62. The first kappa shape index (κ1) is 15.7. The van der Waals surface area contributed by atoms with Crippen LogP contribution in [0.3, 0.4) is 0 Å². The number of hydrogen-bond donors (Lipinski definition) is 1. The standard InChI is InChI=1S/C16H12N6O4/c1-21-7-6-11(20-21)13-18-19-16(26-13)17-12(23)8-22-14(24)9-4-2-3-5-10(9)15(22)25/h2-7H,8H2,1H3,(H,17,19,23). The Morgan fingerprint density at radius 2 is 1.81 bits per heavy atom. The molecule has 10 nitrogen and oxygen atoms in total. The van der Waals surface area contributed by atoms with Gasteiger partial charge in [0.15, 0.2) is 0 Å². The van der Waals surface area contributed by atoms with Crippen LogP contribution in [0.25, 0.3) is 11.6 Å². The van der Waals surface area contributed by atoms with Crippen LogP contribution < -0.4 is 5.32 Å². The summed E-state index contributed by atoms with van der Waals surface area (Å²) in [5.41, 5.74) is 1.02. The zero-order valence-corrected chi connectivity index (χ0v) is 13.5. The zero-order valence-electron chi connectivity index (χ0n) is 13.5. The van der Waals surface area contributed by atoms with Gasteiger partial charge in [-0.1, -0.05) is 17.2 Å². The number of amides is 3. The lowest BCUT2D eigenvalue weighted by Gasteiger charge is -2.12. The van der Waals surface area contributed by atoms with Crippen LogP contribution in [0, 0.1) is 0 Å². The van der Waals surface area contributed by atoms with Crippen molar-refractivity contribution in [1.82, 2.24) is 24.9 Å². The van der Waals surface area contributed by atoms with Crippen molar-refractivity contribution in [1.29, 1.82) is 0 Å². The van der Waals surface area contributed by atoms with Crippen LogP contribution in [0.4, 0.5) is 6.01 Å². The number of rotatable bonds is 4. The molecule has 1 aromatic carbocycles. The van der Waals surface area contributed by atoms with Crippen molar-refractivity contribution < 1.29 is 18.8 Å². The Labute approximate surface area is 146 Å². The fraction of sp³-hybridized carbons (Fsp3) is 0.125. The minimum Gasteiger partial charge on any atom is -0.401 e. The van der Waals surface area contributed by atoms with Gasteiger partial charge >= 0.3 is 6.01 Å². The fourth-order valence-corrected chi connectivity index (χ4v) is 2.59. The van der Waals surface area contributed by atoms with Gasteiger partial charge < -0.3 is 4.42 Å². The first-order valence-electron chi connectivity index (χ1n) is 7.61. The second-order valence-electron chi connectivity index (χ2n) is 5.58. The Morgan fingerprint density at radius 1 is 1.12 bits per heavy atom. The topological polar surface area (TPSA) is 123 Å². The van der Waals surface area contributed by atoms with Gasteiger partial charge in [-0.15, -0.1) is 5.10 Å². The van der Waals surface area contributed by atoms with Crippen LogP contribution in [0.2, 0.25) is 0 Å². The van der Waals surface area contributed by atoms with Crippen LogP contribution in [0.15, 0.2) is 40.9 Å². The molecule has 1 N–H and O–H groups in total. The molecule has 4 rings (SSSR count). The van der Waals surface area contributed by atoms with Crippen LogP contribution >= 0.6 is 0 Å². The van der Waals surface area contributed by atoms with E-state index in [-0.39, 0.29) is 23.0 Å².